The van der Waals surface area contributed by atoms with Crippen molar-refractivity contribution in [2.45, 2.75) is 6.42 Å². The topological polar surface area (TPSA) is 44.8 Å². The van der Waals surface area contributed by atoms with Gasteiger partial charge in [-0.1, -0.05) is 35.9 Å². The fourth-order valence-corrected chi connectivity index (χ4v) is 3.32. The molecule has 1 heterocycles. The number of hydrogen-bond donors (Lipinski definition) is 1. The second-order valence-electron chi connectivity index (χ2n) is 6.28. The Kier molecular flexibility index (Phi) is 8.23. The SMILES string of the molecule is COc1ccccc1N1CCN(CCC(=O)Nc2ccccc2Cl)CC1.Cl. The number of amides is 1. The van der Waals surface area contributed by atoms with Gasteiger partial charge in [0.15, 0.2) is 0 Å². The standard InChI is InChI=1S/C20H24ClN3O2.ClH/c1-26-19-9-5-4-8-18(19)24-14-12-23(13-15-24)11-10-20(25)22-17-7-3-2-6-16(17)21;/h2-9H,10-15H2,1H3,(H,22,25);1H. The molecule has 1 N–H and O–H groups in total. The van der Waals surface area contributed by atoms with Crippen molar-refractivity contribution in [2.75, 3.05) is 50.1 Å². The van der Waals surface area contributed by atoms with Crippen molar-refractivity contribution < 1.29 is 9.53 Å². The number of carbonyl (C=O) groups excluding carboxylic acids is 1. The number of halogens is 2. The van der Waals surface area contributed by atoms with E-state index in [-0.39, 0.29) is 18.3 Å². The molecule has 1 fully saturated rings. The largest absolute Gasteiger partial charge is 0.495 e. The van der Waals surface area contributed by atoms with E-state index in [0.29, 0.717) is 17.1 Å². The van der Waals surface area contributed by atoms with Crippen molar-refractivity contribution in [1.29, 1.82) is 0 Å². The van der Waals surface area contributed by atoms with Gasteiger partial charge in [0.1, 0.15) is 5.75 Å². The van der Waals surface area contributed by atoms with Gasteiger partial charge in [0.2, 0.25) is 5.91 Å². The highest BCUT2D eigenvalue weighted by atomic mass is 35.5. The molecule has 2 aromatic carbocycles. The van der Waals surface area contributed by atoms with Crippen LogP contribution in [0, 0.1) is 0 Å². The summed E-state index contributed by atoms with van der Waals surface area (Å²) in [6, 6.07) is 15.4. The normalized spacial score (nSPS) is 14.4. The Morgan fingerprint density at radius 3 is 2.44 bits per heavy atom. The number of anilines is 2. The van der Waals surface area contributed by atoms with Crippen molar-refractivity contribution in [3.63, 3.8) is 0 Å². The molecule has 1 saturated heterocycles. The molecule has 2 aromatic rings. The first-order valence-electron chi connectivity index (χ1n) is 8.82. The van der Waals surface area contributed by atoms with E-state index in [1.807, 2.05) is 36.4 Å². The molecule has 0 radical (unpaired) electrons. The second kappa shape index (κ2) is 10.4. The zero-order valence-corrected chi connectivity index (χ0v) is 16.9. The van der Waals surface area contributed by atoms with E-state index in [0.717, 1.165) is 44.2 Å². The van der Waals surface area contributed by atoms with Crippen LogP contribution in [0.1, 0.15) is 6.42 Å². The first-order valence-corrected chi connectivity index (χ1v) is 9.20. The van der Waals surface area contributed by atoms with Crippen molar-refractivity contribution in [3.05, 3.63) is 53.6 Å². The van der Waals surface area contributed by atoms with Crippen LogP contribution in [-0.4, -0.2) is 50.6 Å². The summed E-state index contributed by atoms with van der Waals surface area (Å²) in [5, 5.41) is 3.44. The smallest absolute Gasteiger partial charge is 0.225 e. The maximum absolute atomic E-state index is 12.2. The minimum absolute atomic E-state index is 0. The van der Waals surface area contributed by atoms with Crippen molar-refractivity contribution in [2.24, 2.45) is 0 Å². The van der Waals surface area contributed by atoms with Crippen LogP contribution in [0.25, 0.3) is 0 Å². The second-order valence-corrected chi connectivity index (χ2v) is 6.69. The van der Waals surface area contributed by atoms with Crippen LogP contribution in [0.4, 0.5) is 11.4 Å². The summed E-state index contributed by atoms with van der Waals surface area (Å²) in [6.45, 7) is 4.45. The Balaban J connectivity index is 0.00000261. The van der Waals surface area contributed by atoms with Crippen LogP contribution >= 0.6 is 24.0 Å². The molecule has 0 bridgehead atoms. The maximum atomic E-state index is 12.2. The number of hydrogen-bond acceptors (Lipinski definition) is 4. The molecule has 27 heavy (non-hydrogen) atoms. The highest BCUT2D eigenvalue weighted by Gasteiger charge is 2.20. The van der Waals surface area contributed by atoms with Gasteiger partial charge in [-0.05, 0) is 24.3 Å². The van der Waals surface area contributed by atoms with Crippen molar-refractivity contribution in [3.8, 4) is 5.75 Å². The van der Waals surface area contributed by atoms with Crippen LogP contribution in [0.5, 0.6) is 5.75 Å². The van der Waals surface area contributed by atoms with E-state index in [1.165, 1.54) is 0 Å². The lowest BCUT2D eigenvalue weighted by atomic mass is 10.2. The average molecular weight is 410 g/mol. The summed E-state index contributed by atoms with van der Waals surface area (Å²) < 4.78 is 5.45. The van der Waals surface area contributed by atoms with Gasteiger partial charge in [-0.15, -0.1) is 12.4 Å². The van der Waals surface area contributed by atoms with E-state index >= 15 is 0 Å². The summed E-state index contributed by atoms with van der Waals surface area (Å²) in [5.74, 6) is 0.894. The van der Waals surface area contributed by atoms with Crippen LogP contribution in [-0.2, 0) is 4.79 Å². The molecule has 5 nitrogen and oxygen atoms in total. The van der Waals surface area contributed by atoms with Crippen molar-refractivity contribution >= 4 is 41.3 Å². The zero-order chi connectivity index (χ0) is 18.4. The summed E-state index contributed by atoms with van der Waals surface area (Å²) in [5.41, 5.74) is 1.80. The summed E-state index contributed by atoms with van der Waals surface area (Å²) in [4.78, 5) is 16.8. The molecule has 146 valence electrons. The fourth-order valence-electron chi connectivity index (χ4n) is 3.14. The van der Waals surface area contributed by atoms with Gasteiger partial charge < -0.3 is 15.0 Å². The third kappa shape index (κ3) is 5.76. The molecular weight excluding hydrogens is 385 g/mol. The lowest BCUT2D eigenvalue weighted by Gasteiger charge is -2.36. The van der Waals surface area contributed by atoms with Gasteiger partial charge in [-0.3, -0.25) is 9.69 Å². The highest BCUT2D eigenvalue weighted by Crippen LogP contribution is 2.28. The first-order chi connectivity index (χ1) is 12.7. The molecule has 0 aromatic heterocycles. The van der Waals surface area contributed by atoms with Gasteiger partial charge >= 0.3 is 0 Å². The quantitative estimate of drug-likeness (QED) is 0.784. The average Bonchev–Trinajstić information content (AvgIpc) is 2.68. The summed E-state index contributed by atoms with van der Waals surface area (Å²) in [6.07, 6.45) is 0.458. The predicted octanol–water partition coefficient (Wildman–Crippen LogP) is 3.92. The number of rotatable bonds is 6. The molecule has 0 aliphatic carbocycles. The minimum Gasteiger partial charge on any atom is -0.495 e. The lowest BCUT2D eigenvalue weighted by Crippen LogP contribution is -2.47. The molecule has 7 heteroatoms. The number of ether oxygens (including phenoxy) is 1. The summed E-state index contributed by atoms with van der Waals surface area (Å²) in [7, 11) is 1.70. The number of carbonyl (C=O) groups is 1. The third-order valence-electron chi connectivity index (χ3n) is 4.60. The highest BCUT2D eigenvalue weighted by molar-refractivity contribution is 6.33. The summed E-state index contributed by atoms with van der Waals surface area (Å²) >= 11 is 6.08. The van der Waals surface area contributed by atoms with E-state index in [9.17, 15) is 4.79 Å². The van der Waals surface area contributed by atoms with Crippen LogP contribution in [0.15, 0.2) is 48.5 Å². The van der Waals surface area contributed by atoms with E-state index in [1.54, 1.807) is 13.2 Å². The number of methoxy groups -OCH3 is 1. The molecule has 1 aliphatic rings. The van der Waals surface area contributed by atoms with Gasteiger partial charge in [0.05, 0.1) is 23.5 Å². The number of benzene rings is 2. The minimum atomic E-state index is -0.00902. The van der Waals surface area contributed by atoms with Gasteiger partial charge in [-0.25, -0.2) is 0 Å². The van der Waals surface area contributed by atoms with E-state index in [4.69, 9.17) is 16.3 Å². The lowest BCUT2D eigenvalue weighted by molar-refractivity contribution is -0.116. The molecule has 0 unspecified atom stereocenters. The molecule has 0 spiro atoms. The van der Waals surface area contributed by atoms with Gasteiger partial charge in [0.25, 0.3) is 0 Å². The monoisotopic (exact) mass is 409 g/mol. The van der Waals surface area contributed by atoms with Crippen LogP contribution in [0.2, 0.25) is 5.02 Å². The Bertz CT molecular complexity index is 750. The molecule has 1 aliphatic heterocycles. The number of nitrogens with one attached hydrogen (secondary N) is 1. The van der Waals surface area contributed by atoms with E-state index in [2.05, 4.69) is 21.2 Å². The third-order valence-corrected chi connectivity index (χ3v) is 4.93. The molecule has 1 amide bonds. The Morgan fingerprint density at radius 1 is 1.07 bits per heavy atom. The fraction of sp³-hybridized carbons (Fsp3) is 0.350. The Hall–Kier alpha value is -1.95. The molecule has 3 rings (SSSR count). The van der Waals surface area contributed by atoms with Gasteiger partial charge in [0, 0.05) is 39.1 Å². The van der Waals surface area contributed by atoms with Crippen LogP contribution in [0.3, 0.4) is 0 Å². The first kappa shape index (κ1) is 21.4. The number of nitrogens with zero attached hydrogens (tertiary/aromatic N) is 2. The predicted molar refractivity (Wildman–Crippen MR) is 114 cm³/mol. The van der Waals surface area contributed by atoms with Gasteiger partial charge in [-0.2, -0.15) is 0 Å². The number of para-hydroxylation sites is 3. The van der Waals surface area contributed by atoms with Crippen molar-refractivity contribution in [1.82, 2.24) is 4.90 Å². The Labute approximate surface area is 171 Å². The number of piperazine rings is 1. The van der Waals surface area contributed by atoms with Crippen LogP contribution < -0.4 is 15.0 Å². The Morgan fingerprint density at radius 2 is 1.74 bits per heavy atom. The van der Waals surface area contributed by atoms with E-state index < -0.39 is 0 Å². The zero-order valence-electron chi connectivity index (χ0n) is 15.4. The molecular formula is C20H25Cl2N3O2. The molecule has 0 saturated carbocycles. The maximum Gasteiger partial charge on any atom is 0.225 e. The molecule has 0 atom stereocenters.